The van der Waals surface area contributed by atoms with Crippen molar-refractivity contribution in [3.63, 3.8) is 0 Å². The third-order valence-electron chi connectivity index (χ3n) is 2.30. The highest BCUT2D eigenvalue weighted by Crippen LogP contribution is 2.17. The molecule has 0 fully saturated rings. The standard InChI is InChI=1S/C10H15N5/c1-7(2)5-8(11)10-14-13-9-3-4-12-6-15(9)10/h3-4,6-8H,5,11H2,1-2H3. The normalized spacial score (nSPS) is 13.6. The lowest BCUT2D eigenvalue weighted by molar-refractivity contribution is 0.490. The average molecular weight is 205 g/mol. The van der Waals surface area contributed by atoms with Gasteiger partial charge in [-0.2, -0.15) is 0 Å². The number of aromatic nitrogens is 4. The van der Waals surface area contributed by atoms with E-state index in [9.17, 15) is 0 Å². The maximum Gasteiger partial charge on any atom is 0.163 e. The number of hydrogen-bond donors (Lipinski definition) is 1. The maximum atomic E-state index is 6.06. The summed E-state index contributed by atoms with van der Waals surface area (Å²) in [6, 6.07) is 1.74. The van der Waals surface area contributed by atoms with Gasteiger partial charge in [0.2, 0.25) is 0 Å². The summed E-state index contributed by atoms with van der Waals surface area (Å²) in [4.78, 5) is 4.03. The summed E-state index contributed by atoms with van der Waals surface area (Å²) in [7, 11) is 0. The Hall–Kier alpha value is -1.49. The second-order valence-electron chi connectivity index (χ2n) is 4.10. The molecule has 0 aromatic carbocycles. The van der Waals surface area contributed by atoms with E-state index in [1.54, 1.807) is 12.5 Å². The van der Waals surface area contributed by atoms with Crippen LogP contribution in [0, 0.1) is 5.92 Å². The van der Waals surface area contributed by atoms with Crippen LogP contribution in [-0.4, -0.2) is 19.6 Å². The van der Waals surface area contributed by atoms with E-state index in [-0.39, 0.29) is 6.04 Å². The highest BCUT2D eigenvalue weighted by Gasteiger charge is 2.14. The van der Waals surface area contributed by atoms with Crippen LogP contribution in [0.25, 0.3) is 5.65 Å². The lowest BCUT2D eigenvalue weighted by Crippen LogP contribution is -2.16. The number of fused-ring (bicyclic) bond motifs is 1. The fraction of sp³-hybridized carbons (Fsp3) is 0.500. The van der Waals surface area contributed by atoms with Crippen LogP contribution >= 0.6 is 0 Å². The van der Waals surface area contributed by atoms with Gasteiger partial charge in [0.05, 0.1) is 6.04 Å². The molecule has 2 aromatic rings. The van der Waals surface area contributed by atoms with Crippen molar-refractivity contribution < 1.29 is 0 Å². The third kappa shape index (κ3) is 1.97. The number of nitrogens with two attached hydrogens (primary N) is 1. The van der Waals surface area contributed by atoms with Gasteiger partial charge in [-0.25, -0.2) is 4.98 Å². The van der Waals surface area contributed by atoms with E-state index in [1.807, 2.05) is 10.5 Å². The molecule has 1 atom stereocenters. The molecule has 0 aliphatic rings. The largest absolute Gasteiger partial charge is 0.321 e. The van der Waals surface area contributed by atoms with Crippen LogP contribution in [0.5, 0.6) is 0 Å². The predicted octanol–water partition coefficient (Wildman–Crippen LogP) is 1.17. The van der Waals surface area contributed by atoms with Gasteiger partial charge in [0.15, 0.2) is 11.5 Å². The Morgan fingerprint density at radius 2 is 2.20 bits per heavy atom. The summed E-state index contributed by atoms with van der Waals surface area (Å²) in [6.45, 7) is 4.28. The first-order valence-electron chi connectivity index (χ1n) is 5.08. The molecule has 80 valence electrons. The second kappa shape index (κ2) is 3.94. The minimum atomic E-state index is -0.0794. The van der Waals surface area contributed by atoms with Crippen molar-refractivity contribution in [1.82, 2.24) is 19.6 Å². The van der Waals surface area contributed by atoms with Crippen molar-refractivity contribution in [3.05, 3.63) is 24.4 Å². The van der Waals surface area contributed by atoms with E-state index in [0.717, 1.165) is 17.9 Å². The van der Waals surface area contributed by atoms with Gasteiger partial charge in [0.1, 0.15) is 6.33 Å². The average Bonchev–Trinajstić information content (AvgIpc) is 2.59. The molecule has 0 saturated carbocycles. The van der Waals surface area contributed by atoms with Crippen LogP contribution < -0.4 is 5.73 Å². The van der Waals surface area contributed by atoms with Gasteiger partial charge in [0.25, 0.3) is 0 Å². The molecular formula is C10H15N5. The van der Waals surface area contributed by atoms with Gasteiger partial charge in [-0.05, 0) is 12.3 Å². The zero-order valence-corrected chi connectivity index (χ0v) is 8.96. The molecule has 2 N–H and O–H groups in total. The number of rotatable bonds is 3. The quantitative estimate of drug-likeness (QED) is 0.816. The van der Waals surface area contributed by atoms with Gasteiger partial charge >= 0.3 is 0 Å². The van der Waals surface area contributed by atoms with Crippen LogP contribution in [0.4, 0.5) is 0 Å². The summed E-state index contributed by atoms with van der Waals surface area (Å²) in [5.41, 5.74) is 6.85. The molecule has 0 bridgehead atoms. The highest BCUT2D eigenvalue weighted by molar-refractivity contribution is 5.35. The lowest BCUT2D eigenvalue weighted by atomic mass is 10.0. The first-order valence-corrected chi connectivity index (χ1v) is 5.08. The first kappa shape index (κ1) is 10.0. The summed E-state index contributed by atoms with van der Waals surface area (Å²) in [5, 5.41) is 8.14. The van der Waals surface area contributed by atoms with Gasteiger partial charge < -0.3 is 5.73 Å². The highest BCUT2D eigenvalue weighted by atomic mass is 15.3. The molecule has 0 saturated heterocycles. The van der Waals surface area contributed by atoms with Crippen molar-refractivity contribution in [3.8, 4) is 0 Å². The van der Waals surface area contributed by atoms with Gasteiger partial charge in [-0.15, -0.1) is 10.2 Å². The first-order chi connectivity index (χ1) is 7.18. The molecule has 2 rings (SSSR count). The van der Waals surface area contributed by atoms with Crippen molar-refractivity contribution in [2.24, 2.45) is 11.7 Å². The molecule has 0 radical (unpaired) electrons. The van der Waals surface area contributed by atoms with Crippen molar-refractivity contribution in [2.75, 3.05) is 0 Å². The molecule has 2 aromatic heterocycles. The molecule has 0 aliphatic heterocycles. The number of nitrogens with zero attached hydrogens (tertiary/aromatic N) is 4. The van der Waals surface area contributed by atoms with Crippen molar-refractivity contribution in [1.29, 1.82) is 0 Å². The monoisotopic (exact) mass is 205 g/mol. The maximum absolute atomic E-state index is 6.06. The van der Waals surface area contributed by atoms with E-state index in [4.69, 9.17) is 5.73 Å². The Kier molecular flexibility index (Phi) is 2.64. The predicted molar refractivity (Wildman–Crippen MR) is 57.2 cm³/mol. The molecule has 5 nitrogen and oxygen atoms in total. The van der Waals surface area contributed by atoms with Gasteiger partial charge in [-0.1, -0.05) is 13.8 Å². The Labute approximate surface area is 88.3 Å². The summed E-state index contributed by atoms with van der Waals surface area (Å²) < 4.78 is 1.84. The van der Waals surface area contributed by atoms with Crippen LogP contribution in [0.2, 0.25) is 0 Å². The van der Waals surface area contributed by atoms with Crippen LogP contribution in [0.3, 0.4) is 0 Å². The number of hydrogen-bond acceptors (Lipinski definition) is 4. The summed E-state index contributed by atoms with van der Waals surface area (Å²) in [5.74, 6) is 1.33. The van der Waals surface area contributed by atoms with Crippen molar-refractivity contribution in [2.45, 2.75) is 26.3 Å². The van der Waals surface area contributed by atoms with Crippen LogP contribution in [0.1, 0.15) is 32.1 Å². The Morgan fingerprint density at radius 3 is 2.93 bits per heavy atom. The second-order valence-corrected chi connectivity index (χ2v) is 4.10. The minimum Gasteiger partial charge on any atom is -0.321 e. The fourth-order valence-corrected chi connectivity index (χ4v) is 1.63. The molecule has 0 spiro atoms. The van der Waals surface area contributed by atoms with Crippen molar-refractivity contribution >= 4 is 5.65 Å². The molecule has 2 heterocycles. The fourth-order valence-electron chi connectivity index (χ4n) is 1.63. The Balaban J connectivity index is 2.35. The zero-order valence-electron chi connectivity index (χ0n) is 8.96. The third-order valence-corrected chi connectivity index (χ3v) is 2.30. The smallest absolute Gasteiger partial charge is 0.163 e. The van der Waals surface area contributed by atoms with E-state index in [0.29, 0.717) is 5.92 Å². The SMILES string of the molecule is CC(C)CC(N)c1nnc2ccncn12. The molecule has 0 amide bonds. The van der Waals surface area contributed by atoms with E-state index >= 15 is 0 Å². The topological polar surface area (TPSA) is 69.1 Å². The van der Waals surface area contributed by atoms with Crippen LogP contribution in [-0.2, 0) is 0 Å². The Morgan fingerprint density at radius 1 is 1.40 bits per heavy atom. The Bertz CT molecular complexity index is 448. The molecular weight excluding hydrogens is 190 g/mol. The molecule has 1 unspecified atom stereocenters. The van der Waals surface area contributed by atoms with E-state index in [1.165, 1.54) is 0 Å². The van der Waals surface area contributed by atoms with Crippen LogP contribution in [0.15, 0.2) is 18.6 Å². The zero-order chi connectivity index (χ0) is 10.8. The van der Waals surface area contributed by atoms with Gasteiger partial charge in [-0.3, -0.25) is 4.40 Å². The molecule has 15 heavy (non-hydrogen) atoms. The minimum absolute atomic E-state index is 0.0794. The van der Waals surface area contributed by atoms with E-state index in [2.05, 4.69) is 29.0 Å². The molecule has 0 aliphatic carbocycles. The van der Waals surface area contributed by atoms with E-state index < -0.39 is 0 Å². The lowest BCUT2D eigenvalue weighted by Gasteiger charge is -2.11. The van der Waals surface area contributed by atoms with Gasteiger partial charge in [0, 0.05) is 12.3 Å². The summed E-state index contributed by atoms with van der Waals surface area (Å²) in [6.07, 6.45) is 4.29. The summed E-state index contributed by atoms with van der Waals surface area (Å²) >= 11 is 0. The molecule has 5 heteroatoms.